The Labute approximate surface area is 200 Å². The average molecular weight is 467 g/mol. The van der Waals surface area contributed by atoms with E-state index in [0.717, 1.165) is 62.0 Å². The molecule has 1 saturated heterocycles. The molecule has 0 spiro atoms. The molecule has 1 aliphatic rings. The van der Waals surface area contributed by atoms with E-state index in [1.807, 2.05) is 24.3 Å². The fourth-order valence-electron chi connectivity index (χ4n) is 4.01. The second-order valence-electron chi connectivity index (χ2n) is 8.68. The van der Waals surface area contributed by atoms with Gasteiger partial charge in [-0.25, -0.2) is 4.98 Å². The van der Waals surface area contributed by atoms with Gasteiger partial charge in [-0.15, -0.1) is 0 Å². The van der Waals surface area contributed by atoms with Crippen molar-refractivity contribution in [2.24, 2.45) is 0 Å². The number of nitrogens with zero attached hydrogens (tertiary/aromatic N) is 3. The lowest BCUT2D eigenvalue weighted by molar-refractivity contribution is 0.0947. The number of carbonyl (C=O) groups is 1. The standard InChI is InChI=1S/C26H34N4O2S/c1-4-5-18-32-22-10-8-21(9-11-22)25(31)27-12-13-29-14-16-30(17-15-29)26-28-23-19(2)6-7-20(3)24(23)33-26/h6-11H,4-5,12-18H2,1-3H3,(H,27,31). The van der Waals surface area contributed by atoms with Crippen LogP contribution >= 0.6 is 11.3 Å². The summed E-state index contributed by atoms with van der Waals surface area (Å²) in [7, 11) is 0. The smallest absolute Gasteiger partial charge is 0.251 e. The molecular weight excluding hydrogens is 432 g/mol. The van der Waals surface area contributed by atoms with Crippen molar-refractivity contribution in [3.63, 3.8) is 0 Å². The van der Waals surface area contributed by atoms with Crippen LogP contribution in [0.15, 0.2) is 36.4 Å². The Kier molecular flexibility index (Phi) is 7.83. The van der Waals surface area contributed by atoms with E-state index < -0.39 is 0 Å². The first kappa shape index (κ1) is 23.5. The Hall–Kier alpha value is -2.64. The molecule has 0 radical (unpaired) electrons. The van der Waals surface area contributed by atoms with E-state index in [4.69, 9.17) is 9.72 Å². The SMILES string of the molecule is CCCCOc1ccc(C(=O)NCCN2CCN(c3nc4c(C)ccc(C)c4s3)CC2)cc1. The average Bonchev–Trinajstić information content (AvgIpc) is 3.29. The molecule has 0 aliphatic carbocycles. The van der Waals surface area contributed by atoms with Gasteiger partial charge in [0.2, 0.25) is 0 Å². The fraction of sp³-hybridized carbons (Fsp3) is 0.462. The van der Waals surface area contributed by atoms with Crippen molar-refractivity contribution in [2.45, 2.75) is 33.6 Å². The molecule has 1 aliphatic heterocycles. The zero-order valence-electron chi connectivity index (χ0n) is 19.9. The van der Waals surface area contributed by atoms with E-state index in [-0.39, 0.29) is 5.91 Å². The highest BCUT2D eigenvalue weighted by Gasteiger charge is 2.20. The first-order valence-electron chi connectivity index (χ1n) is 11.9. The third kappa shape index (κ3) is 5.84. The largest absolute Gasteiger partial charge is 0.494 e. The lowest BCUT2D eigenvalue weighted by atomic mass is 10.1. The first-order chi connectivity index (χ1) is 16.0. The fourth-order valence-corrected chi connectivity index (χ4v) is 5.18. The molecule has 4 rings (SSSR count). The molecule has 176 valence electrons. The van der Waals surface area contributed by atoms with Crippen molar-refractivity contribution >= 4 is 32.6 Å². The molecule has 2 aromatic carbocycles. The van der Waals surface area contributed by atoms with E-state index in [1.165, 1.54) is 15.8 Å². The third-order valence-electron chi connectivity index (χ3n) is 6.17. The zero-order chi connectivity index (χ0) is 23.2. The van der Waals surface area contributed by atoms with E-state index in [2.05, 4.69) is 48.0 Å². The highest BCUT2D eigenvalue weighted by Crippen LogP contribution is 2.33. The molecule has 6 nitrogen and oxygen atoms in total. The minimum Gasteiger partial charge on any atom is -0.494 e. The summed E-state index contributed by atoms with van der Waals surface area (Å²) in [6.45, 7) is 12.5. The maximum Gasteiger partial charge on any atom is 0.251 e. The predicted molar refractivity (Wildman–Crippen MR) is 137 cm³/mol. The number of hydrogen-bond donors (Lipinski definition) is 1. The van der Waals surface area contributed by atoms with Crippen LogP contribution in [0.25, 0.3) is 10.2 Å². The van der Waals surface area contributed by atoms with Crippen molar-refractivity contribution in [3.8, 4) is 5.75 Å². The molecule has 0 saturated carbocycles. The Morgan fingerprint density at radius 3 is 2.48 bits per heavy atom. The maximum absolute atomic E-state index is 12.4. The molecule has 0 unspecified atom stereocenters. The van der Waals surface area contributed by atoms with Gasteiger partial charge >= 0.3 is 0 Å². The van der Waals surface area contributed by atoms with Gasteiger partial charge in [-0.2, -0.15) is 0 Å². The second-order valence-corrected chi connectivity index (χ2v) is 9.66. The van der Waals surface area contributed by atoms with E-state index >= 15 is 0 Å². The number of thiazole rings is 1. The summed E-state index contributed by atoms with van der Waals surface area (Å²) < 4.78 is 6.97. The lowest BCUT2D eigenvalue weighted by Gasteiger charge is -2.34. The van der Waals surface area contributed by atoms with Crippen LogP contribution in [0.2, 0.25) is 0 Å². The number of aromatic nitrogens is 1. The van der Waals surface area contributed by atoms with Gasteiger partial charge in [-0.05, 0) is 55.7 Å². The molecule has 1 aromatic heterocycles. The number of ether oxygens (including phenoxy) is 1. The zero-order valence-corrected chi connectivity index (χ0v) is 20.7. The van der Waals surface area contributed by atoms with Crippen LogP contribution in [0.4, 0.5) is 5.13 Å². The Bertz CT molecular complexity index is 1030. The molecule has 1 amide bonds. The number of carbonyl (C=O) groups excluding carboxylic acids is 1. The monoisotopic (exact) mass is 466 g/mol. The molecule has 2 heterocycles. The second kappa shape index (κ2) is 11.0. The summed E-state index contributed by atoms with van der Waals surface area (Å²) in [5, 5.41) is 4.17. The summed E-state index contributed by atoms with van der Waals surface area (Å²) in [6, 6.07) is 11.7. The van der Waals surface area contributed by atoms with Gasteiger partial charge in [-0.1, -0.05) is 36.8 Å². The van der Waals surface area contributed by atoms with Crippen LogP contribution in [-0.2, 0) is 0 Å². The number of piperazine rings is 1. The van der Waals surface area contributed by atoms with E-state index in [0.29, 0.717) is 18.7 Å². The first-order valence-corrected chi connectivity index (χ1v) is 12.7. The van der Waals surface area contributed by atoms with Gasteiger partial charge in [-0.3, -0.25) is 9.69 Å². The van der Waals surface area contributed by atoms with Crippen LogP contribution in [0.3, 0.4) is 0 Å². The van der Waals surface area contributed by atoms with Gasteiger partial charge < -0.3 is 15.0 Å². The number of amides is 1. The summed E-state index contributed by atoms with van der Waals surface area (Å²) in [4.78, 5) is 22.2. The number of unbranched alkanes of at least 4 members (excludes halogenated alkanes) is 1. The number of aryl methyl sites for hydroxylation is 2. The molecular formula is C26H34N4O2S. The van der Waals surface area contributed by atoms with Gasteiger partial charge in [0.15, 0.2) is 5.13 Å². The Morgan fingerprint density at radius 2 is 1.79 bits per heavy atom. The normalized spacial score (nSPS) is 14.6. The number of rotatable bonds is 9. The van der Waals surface area contributed by atoms with Gasteiger partial charge in [0.1, 0.15) is 5.75 Å². The van der Waals surface area contributed by atoms with Crippen LogP contribution in [0.1, 0.15) is 41.3 Å². The van der Waals surface area contributed by atoms with Crippen molar-refractivity contribution < 1.29 is 9.53 Å². The molecule has 1 N–H and O–H groups in total. The number of nitrogens with one attached hydrogen (secondary N) is 1. The van der Waals surface area contributed by atoms with Crippen molar-refractivity contribution in [2.75, 3.05) is 50.8 Å². The van der Waals surface area contributed by atoms with Crippen molar-refractivity contribution in [3.05, 3.63) is 53.1 Å². The number of benzene rings is 2. The van der Waals surface area contributed by atoms with Crippen molar-refractivity contribution in [1.29, 1.82) is 0 Å². The van der Waals surface area contributed by atoms with Gasteiger partial charge in [0.05, 0.1) is 16.8 Å². The number of hydrogen-bond acceptors (Lipinski definition) is 6. The molecule has 33 heavy (non-hydrogen) atoms. The van der Waals surface area contributed by atoms with Crippen LogP contribution < -0.4 is 15.0 Å². The summed E-state index contributed by atoms with van der Waals surface area (Å²) in [6.07, 6.45) is 2.15. The Morgan fingerprint density at radius 1 is 1.06 bits per heavy atom. The van der Waals surface area contributed by atoms with Gasteiger partial charge in [0.25, 0.3) is 5.91 Å². The van der Waals surface area contributed by atoms with Crippen LogP contribution in [0.5, 0.6) is 5.75 Å². The molecule has 1 fully saturated rings. The summed E-state index contributed by atoms with van der Waals surface area (Å²) in [5.41, 5.74) is 4.35. The summed E-state index contributed by atoms with van der Waals surface area (Å²) >= 11 is 1.80. The minimum atomic E-state index is -0.0334. The molecule has 3 aromatic rings. The van der Waals surface area contributed by atoms with E-state index in [9.17, 15) is 4.79 Å². The minimum absolute atomic E-state index is 0.0334. The van der Waals surface area contributed by atoms with Gasteiger partial charge in [0, 0.05) is 44.8 Å². The topological polar surface area (TPSA) is 57.7 Å². The predicted octanol–water partition coefficient (Wildman–Crippen LogP) is 4.64. The highest BCUT2D eigenvalue weighted by molar-refractivity contribution is 7.22. The molecule has 0 bridgehead atoms. The van der Waals surface area contributed by atoms with Crippen LogP contribution in [0, 0.1) is 13.8 Å². The highest BCUT2D eigenvalue weighted by atomic mass is 32.1. The quantitative estimate of drug-likeness (QED) is 0.466. The van der Waals surface area contributed by atoms with Crippen molar-refractivity contribution in [1.82, 2.24) is 15.2 Å². The Balaban J connectivity index is 1.21. The molecule has 7 heteroatoms. The van der Waals surface area contributed by atoms with Crippen LogP contribution in [-0.4, -0.2) is 61.7 Å². The number of fused-ring (bicyclic) bond motifs is 1. The maximum atomic E-state index is 12.4. The summed E-state index contributed by atoms with van der Waals surface area (Å²) in [5.74, 6) is 0.783. The number of anilines is 1. The lowest BCUT2D eigenvalue weighted by Crippen LogP contribution is -2.48. The van der Waals surface area contributed by atoms with E-state index in [1.54, 1.807) is 11.3 Å². The molecule has 0 atom stereocenters. The third-order valence-corrected chi connectivity index (χ3v) is 7.42.